The number of amides is 1. The Morgan fingerprint density at radius 3 is 3.00 bits per heavy atom. The fourth-order valence-corrected chi connectivity index (χ4v) is 3.85. The van der Waals surface area contributed by atoms with Gasteiger partial charge in [0.05, 0.1) is 0 Å². The molecule has 19 heavy (non-hydrogen) atoms. The number of nitrogens with one attached hydrogen (secondary N) is 1. The summed E-state index contributed by atoms with van der Waals surface area (Å²) in [5.74, 6) is 2.73. The van der Waals surface area contributed by atoms with E-state index < -0.39 is 0 Å². The Balaban J connectivity index is 1.70. The predicted octanol–water partition coefficient (Wildman–Crippen LogP) is 3.12. The Morgan fingerprint density at radius 1 is 1.32 bits per heavy atom. The minimum atomic E-state index is 0.255. The maximum atomic E-state index is 11.8. The monoisotopic (exact) mass is 276 g/mol. The van der Waals surface area contributed by atoms with Crippen LogP contribution < -0.4 is 10.2 Å². The first kappa shape index (κ1) is 12.9. The molecule has 0 spiro atoms. The van der Waals surface area contributed by atoms with Crippen LogP contribution in [0.2, 0.25) is 0 Å². The zero-order chi connectivity index (χ0) is 13.1. The van der Waals surface area contributed by atoms with Crippen LogP contribution in [0, 0.1) is 0 Å². The van der Waals surface area contributed by atoms with Crippen LogP contribution >= 0.6 is 11.8 Å². The molecule has 2 aliphatic heterocycles. The molecule has 0 saturated carbocycles. The second-order valence-electron chi connectivity index (χ2n) is 5.26. The lowest BCUT2D eigenvalue weighted by Gasteiger charge is -2.24. The summed E-state index contributed by atoms with van der Waals surface area (Å²) in [5, 5.41) is 3.60. The van der Waals surface area contributed by atoms with Crippen molar-refractivity contribution in [2.75, 3.05) is 28.3 Å². The van der Waals surface area contributed by atoms with Gasteiger partial charge in [0.1, 0.15) is 0 Å². The number of carbonyl (C=O) groups is 1. The number of benzene rings is 1. The lowest BCUT2D eigenvalue weighted by atomic mass is 10.1. The topological polar surface area (TPSA) is 32.3 Å². The Kier molecular flexibility index (Phi) is 3.97. The summed E-state index contributed by atoms with van der Waals surface area (Å²) in [4.78, 5) is 13.7. The van der Waals surface area contributed by atoms with E-state index in [0.29, 0.717) is 12.5 Å². The van der Waals surface area contributed by atoms with Crippen LogP contribution in [-0.2, 0) is 4.79 Å². The fourth-order valence-electron chi connectivity index (χ4n) is 2.77. The minimum Gasteiger partial charge on any atom is -0.381 e. The van der Waals surface area contributed by atoms with Crippen LogP contribution in [0.1, 0.15) is 25.7 Å². The second kappa shape index (κ2) is 5.87. The Hall–Kier alpha value is -1.16. The number of thioether (sulfide) groups is 1. The largest absolute Gasteiger partial charge is 0.381 e. The normalized spacial score (nSPS) is 23.7. The molecule has 2 aliphatic rings. The van der Waals surface area contributed by atoms with Crippen molar-refractivity contribution in [3.8, 4) is 0 Å². The molecule has 1 amide bonds. The number of rotatable bonds is 3. The molecule has 4 heteroatoms. The molecule has 0 aromatic heterocycles. The number of nitrogens with zero attached hydrogens (tertiary/aromatic N) is 1. The molecule has 1 N–H and O–H groups in total. The average molecular weight is 276 g/mol. The van der Waals surface area contributed by atoms with Gasteiger partial charge in [0.2, 0.25) is 5.91 Å². The van der Waals surface area contributed by atoms with Crippen LogP contribution in [-0.4, -0.2) is 30.0 Å². The van der Waals surface area contributed by atoms with E-state index in [9.17, 15) is 4.79 Å². The summed E-state index contributed by atoms with van der Waals surface area (Å²) in [7, 11) is 0. The molecule has 1 atom stereocenters. The molecule has 0 bridgehead atoms. The lowest BCUT2D eigenvalue weighted by Crippen LogP contribution is -2.26. The highest BCUT2D eigenvalue weighted by molar-refractivity contribution is 7.99. The van der Waals surface area contributed by atoms with Crippen molar-refractivity contribution in [3.05, 3.63) is 24.3 Å². The first-order valence-electron chi connectivity index (χ1n) is 7.08. The molecule has 3 rings (SSSR count). The van der Waals surface area contributed by atoms with Crippen molar-refractivity contribution in [2.45, 2.75) is 31.7 Å². The molecule has 2 fully saturated rings. The SMILES string of the molecule is O=C1CCCN1c1cccc(N[C@@H]2CCCSC2)c1. The molecule has 3 nitrogen and oxygen atoms in total. The summed E-state index contributed by atoms with van der Waals surface area (Å²) in [6.07, 6.45) is 4.22. The van der Waals surface area contributed by atoms with E-state index in [0.717, 1.165) is 24.3 Å². The highest BCUT2D eigenvalue weighted by Gasteiger charge is 2.22. The zero-order valence-electron chi connectivity index (χ0n) is 11.1. The summed E-state index contributed by atoms with van der Waals surface area (Å²) < 4.78 is 0. The molecular formula is C15H20N2OS. The molecular weight excluding hydrogens is 256 g/mol. The second-order valence-corrected chi connectivity index (χ2v) is 6.41. The third kappa shape index (κ3) is 3.06. The van der Waals surface area contributed by atoms with Crippen molar-refractivity contribution in [2.24, 2.45) is 0 Å². The van der Waals surface area contributed by atoms with E-state index in [2.05, 4.69) is 17.4 Å². The van der Waals surface area contributed by atoms with E-state index >= 15 is 0 Å². The number of anilines is 2. The van der Waals surface area contributed by atoms with Gasteiger partial charge in [0, 0.05) is 36.1 Å². The van der Waals surface area contributed by atoms with Gasteiger partial charge in [-0.2, -0.15) is 11.8 Å². The summed E-state index contributed by atoms with van der Waals surface area (Å²) >= 11 is 2.03. The fraction of sp³-hybridized carbons (Fsp3) is 0.533. The smallest absolute Gasteiger partial charge is 0.227 e. The standard InChI is InChI=1S/C15H20N2OS/c18-15-7-2-8-17(15)14-6-1-4-12(10-14)16-13-5-3-9-19-11-13/h1,4,6,10,13,16H,2-3,5,7-9,11H2/t13-/m1/s1. The van der Waals surface area contributed by atoms with Crippen LogP contribution in [0.4, 0.5) is 11.4 Å². The molecule has 0 unspecified atom stereocenters. The maximum absolute atomic E-state index is 11.8. The minimum absolute atomic E-state index is 0.255. The van der Waals surface area contributed by atoms with Crippen LogP contribution in [0.3, 0.4) is 0 Å². The highest BCUT2D eigenvalue weighted by atomic mass is 32.2. The van der Waals surface area contributed by atoms with Crippen LogP contribution in [0.5, 0.6) is 0 Å². The summed E-state index contributed by atoms with van der Waals surface area (Å²) in [6.45, 7) is 0.863. The summed E-state index contributed by atoms with van der Waals surface area (Å²) in [5.41, 5.74) is 2.18. The van der Waals surface area contributed by atoms with Gasteiger partial charge in [-0.15, -0.1) is 0 Å². The maximum Gasteiger partial charge on any atom is 0.227 e. The van der Waals surface area contributed by atoms with E-state index in [4.69, 9.17) is 0 Å². The van der Waals surface area contributed by atoms with Crippen molar-refractivity contribution in [1.29, 1.82) is 0 Å². The van der Waals surface area contributed by atoms with Gasteiger partial charge in [-0.05, 0) is 43.2 Å². The van der Waals surface area contributed by atoms with Crippen molar-refractivity contribution < 1.29 is 4.79 Å². The molecule has 2 heterocycles. The van der Waals surface area contributed by atoms with E-state index in [1.54, 1.807) is 0 Å². The van der Waals surface area contributed by atoms with Gasteiger partial charge in [0.25, 0.3) is 0 Å². The number of hydrogen-bond acceptors (Lipinski definition) is 3. The van der Waals surface area contributed by atoms with E-state index in [-0.39, 0.29) is 5.91 Å². The third-order valence-corrected chi connectivity index (χ3v) is 4.98. The molecule has 1 aromatic rings. The van der Waals surface area contributed by atoms with E-state index in [1.165, 1.54) is 24.3 Å². The molecule has 102 valence electrons. The molecule has 0 aliphatic carbocycles. The van der Waals surface area contributed by atoms with Gasteiger partial charge in [-0.1, -0.05) is 6.07 Å². The first-order valence-corrected chi connectivity index (χ1v) is 8.23. The van der Waals surface area contributed by atoms with Gasteiger partial charge in [-0.25, -0.2) is 0 Å². The van der Waals surface area contributed by atoms with Crippen LogP contribution in [0.25, 0.3) is 0 Å². The van der Waals surface area contributed by atoms with Gasteiger partial charge in [-0.3, -0.25) is 4.79 Å². The highest BCUT2D eigenvalue weighted by Crippen LogP contribution is 2.26. The van der Waals surface area contributed by atoms with Crippen molar-refractivity contribution >= 4 is 29.0 Å². The predicted molar refractivity (Wildman–Crippen MR) is 82.0 cm³/mol. The lowest BCUT2D eigenvalue weighted by molar-refractivity contribution is -0.117. The quantitative estimate of drug-likeness (QED) is 0.920. The first-order chi connectivity index (χ1) is 9.33. The molecule has 1 aromatic carbocycles. The van der Waals surface area contributed by atoms with Crippen LogP contribution in [0.15, 0.2) is 24.3 Å². The zero-order valence-corrected chi connectivity index (χ0v) is 11.9. The van der Waals surface area contributed by atoms with Crippen molar-refractivity contribution in [3.63, 3.8) is 0 Å². The Morgan fingerprint density at radius 2 is 2.26 bits per heavy atom. The van der Waals surface area contributed by atoms with Gasteiger partial charge >= 0.3 is 0 Å². The molecule has 0 radical (unpaired) electrons. The summed E-state index contributed by atoms with van der Waals surface area (Å²) in [6, 6.07) is 8.86. The van der Waals surface area contributed by atoms with E-state index in [1.807, 2.05) is 28.8 Å². The average Bonchev–Trinajstić information content (AvgIpc) is 2.86. The Labute approximate surface area is 118 Å². The van der Waals surface area contributed by atoms with Crippen molar-refractivity contribution in [1.82, 2.24) is 0 Å². The van der Waals surface area contributed by atoms with Gasteiger partial charge in [0.15, 0.2) is 0 Å². The molecule has 2 saturated heterocycles. The third-order valence-electron chi connectivity index (χ3n) is 3.76. The number of carbonyl (C=O) groups excluding carboxylic acids is 1. The van der Waals surface area contributed by atoms with Gasteiger partial charge < -0.3 is 10.2 Å². The number of hydrogen-bond donors (Lipinski definition) is 1. The Bertz CT molecular complexity index is 457.